The fourth-order valence-electron chi connectivity index (χ4n) is 36.5. The number of imidazole rings is 1. The third-order valence-corrected chi connectivity index (χ3v) is 41.8. The molecule has 0 aromatic carbocycles. The highest BCUT2D eigenvalue weighted by Crippen LogP contribution is 2.74. The van der Waals surface area contributed by atoms with E-state index in [1.807, 2.05) is 48.4 Å². The zero-order valence-electron chi connectivity index (χ0n) is 77.8. The van der Waals surface area contributed by atoms with Crippen molar-refractivity contribution in [2.24, 2.45) is 162 Å². The van der Waals surface area contributed by atoms with Crippen molar-refractivity contribution < 1.29 is 64.8 Å². The summed E-state index contributed by atoms with van der Waals surface area (Å²) in [4.78, 5) is 57.6. The number of nitrogens with zero attached hydrogens (tertiary/aromatic N) is 7. The van der Waals surface area contributed by atoms with Crippen LogP contribution >= 0.6 is 0 Å². The standard InChI is InChI=1S/C29H44N2O4.C27H41NO3.2C25H38N2O3/c1-4-35-19(2)26-11-15-31(30-26)18-27(34)25-8-7-23-22-6-5-20-17-21(33)9-13-29(20,14-16-32)24(22)10-12-28(23,25)3;1-18-9-13-28(16-18)17-25(31)24-6-5-22-21-4-3-19-15-20(30)7-11-27(19,12-14-29)23(21)8-10-26(22,24)2;1-24-9-8-21-19(4-3-17-15-18(29)7-10-25(17,21)11-14-28)20(24)5-6-22(24)23(30)16-27-13-2-12-26-27;1-24-8-7-21-19(3-2-17-14-18(29)6-9-25(17,21)10-13-28)20(24)4-5-22(24)23(30)15-27-12-11-26-16-27/h11,15,20-25,32-33H,2,4-10,12-14,16-18H2,1,3H3;9,13,16,19-24,29-30H,3-8,10-12,14-15,17H2,1-2H3;2,12-13,17-22,28-29H,3-11,14-16H2,1H3;11-12,16-22,28-29H,2-10,13-15H2,1H3/t20-,21+,22-,23-,24-,25+,28-,29+;19-,20+,21-,22-,23-,24+,26-,27+;2*17-,18+,19-,20-,21-,22+,24-,25+/m0000/s1. The van der Waals surface area contributed by atoms with Crippen LogP contribution in [0.1, 0.15) is 303 Å². The minimum Gasteiger partial charge on any atom is -0.492 e. The Hall–Kier alpha value is -5.19. The van der Waals surface area contributed by atoms with Crippen LogP contribution in [0.2, 0.25) is 0 Å². The molecule has 698 valence electrons. The zero-order chi connectivity index (χ0) is 88.5. The Bertz CT molecular complexity index is 4240. The van der Waals surface area contributed by atoms with Crippen molar-refractivity contribution >= 4 is 28.9 Å². The maximum absolute atomic E-state index is 13.6. The molecule has 32 atom stereocenters. The maximum atomic E-state index is 13.6. The van der Waals surface area contributed by atoms with Gasteiger partial charge in [0, 0.05) is 93.5 Å². The molecule has 4 heterocycles. The molecular weight excluding hydrogens is 1580 g/mol. The molecule has 16 aliphatic carbocycles. The van der Waals surface area contributed by atoms with Crippen molar-refractivity contribution in [3.05, 3.63) is 85.7 Å². The van der Waals surface area contributed by atoms with E-state index in [2.05, 4.69) is 73.2 Å². The molecule has 0 unspecified atom stereocenters. The van der Waals surface area contributed by atoms with Gasteiger partial charge in [-0.1, -0.05) is 34.3 Å². The number of hydrogen-bond donors (Lipinski definition) is 8. The highest BCUT2D eigenvalue weighted by molar-refractivity contribution is 5.84. The second-order valence-electron chi connectivity index (χ2n) is 46.3. The smallest absolute Gasteiger partial charge is 0.157 e. The third-order valence-electron chi connectivity index (χ3n) is 41.8. The Morgan fingerprint density at radius 1 is 0.405 bits per heavy atom. The number of aliphatic hydroxyl groups is 8. The van der Waals surface area contributed by atoms with Crippen LogP contribution in [0.4, 0.5) is 0 Å². The summed E-state index contributed by atoms with van der Waals surface area (Å²) < 4.78 is 13.0. The van der Waals surface area contributed by atoms with Crippen LogP contribution in [-0.4, -0.2) is 155 Å². The van der Waals surface area contributed by atoms with Crippen molar-refractivity contribution in [3.63, 3.8) is 0 Å². The Kier molecular flexibility index (Phi) is 27.7. The molecule has 126 heavy (non-hydrogen) atoms. The van der Waals surface area contributed by atoms with E-state index in [1.165, 1.54) is 95.5 Å². The number of fused-ring (bicyclic) bond motifs is 20. The van der Waals surface area contributed by atoms with E-state index >= 15 is 0 Å². The van der Waals surface area contributed by atoms with Crippen molar-refractivity contribution in [2.75, 3.05) is 33.0 Å². The van der Waals surface area contributed by atoms with E-state index in [0.29, 0.717) is 162 Å². The van der Waals surface area contributed by atoms with E-state index in [4.69, 9.17) is 4.74 Å². The second-order valence-corrected chi connectivity index (χ2v) is 46.3. The average molecular weight is 1740 g/mol. The number of aryl methyl sites for hydroxylation is 1. The zero-order valence-corrected chi connectivity index (χ0v) is 77.8. The van der Waals surface area contributed by atoms with Gasteiger partial charge in [-0.3, -0.25) is 28.5 Å². The summed E-state index contributed by atoms with van der Waals surface area (Å²) in [5.41, 5.74) is 3.20. The molecule has 0 saturated heterocycles. The van der Waals surface area contributed by atoms with Crippen LogP contribution in [0.25, 0.3) is 5.76 Å². The van der Waals surface area contributed by atoms with Crippen LogP contribution in [-0.2, 0) is 50.1 Å². The number of hydrogen-bond acceptors (Lipinski definition) is 16. The van der Waals surface area contributed by atoms with Gasteiger partial charge < -0.3 is 54.7 Å². The summed E-state index contributed by atoms with van der Waals surface area (Å²) in [7, 11) is 0. The Morgan fingerprint density at radius 2 is 0.762 bits per heavy atom. The molecule has 20 heteroatoms. The molecule has 16 fully saturated rings. The van der Waals surface area contributed by atoms with Crippen LogP contribution in [0.15, 0.2) is 74.5 Å². The fourth-order valence-corrected chi connectivity index (χ4v) is 36.5. The molecule has 20 nitrogen and oxygen atoms in total. The van der Waals surface area contributed by atoms with Gasteiger partial charge in [-0.05, 0) is 432 Å². The van der Waals surface area contributed by atoms with Crippen LogP contribution in [0.5, 0.6) is 0 Å². The molecule has 20 rings (SSSR count). The number of ketones is 4. The number of aromatic nitrogens is 7. The molecule has 8 N–H and O–H groups in total. The first-order valence-electron chi connectivity index (χ1n) is 51.3. The van der Waals surface area contributed by atoms with E-state index in [9.17, 15) is 60.0 Å². The Morgan fingerprint density at radius 3 is 1.08 bits per heavy atom. The largest absolute Gasteiger partial charge is 0.492 e. The molecular formula is C106H161N7O13. The van der Waals surface area contributed by atoms with Gasteiger partial charge in [0.15, 0.2) is 23.1 Å². The van der Waals surface area contributed by atoms with Crippen molar-refractivity contribution in [1.29, 1.82) is 0 Å². The summed E-state index contributed by atoms with van der Waals surface area (Å²) in [5.74, 6) is 12.8. The number of rotatable bonds is 23. The van der Waals surface area contributed by atoms with Crippen LogP contribution in [0.3, 0.4) is 0 Å². The lowest BCUT2D eigenvalue weighted by Crippen LogP contribution is -2.55. The SMILES string of the molecule is C=C(OCC)c1ccn(CC(=O)[C@H]2CC[C@H]3[C@@H]4CC[C@H]5C[C@H](O)CC[C@]5(CCO)[C@H]4CC[C@]23C)n1.C[C@]12CC[C@H]3[C@@H](CC[C@H]4C[C@H](O)CC[C@@]43CCO)[C@@H]1CC[C@@H]2C(=O)Cn1cccn1.C[C@]12CC[C@H]3[C@@H](CC[C@H]4C[C@H](O)CC[C@@]43CCO)[C@@H]1CC[C@@H]2C(=O)Cn1ccnc1.Cc1ccn(CC(=O)[C@H]2CC[C@H]3[C@@H]4CC[C@H]5C[C@H](O)CC[C@]5(CCO)[C@H]4CC[C@]23C)c1. The van der Waals surface area contributed by atoms with Crippen molar-refractivity contribution in [2.45, 2.75) is 349 Å². The molecule has 0 amide bonds. The summed E-state index contributed by atoms with van der Waals surface area (Å²) in [6.07, 6.45) is 57.4. The lowest BCUT2D eigenvalue weighted by Gasteiger charge is -2.62. The normalized spacial score (nSPS) is 43.8. The minimum atomic E-state index is -0.167. The Labute approximate surface area is 752 Å². The second kappa shape index (κ2) is 37.7. The molecule has 4 aromatic rings. The Balaban J connectivity index is 0.000000119. The highest BCUT2D eigenvalue weighted by atomic mass is 16.5. The van der Waals surface area contributed by atoms with Crippen LogP contribution < -0.4 is 0 Å². The topological polar surface area (TPSA) is 298 Å². The predicted molar refractivity (Wildman–Crippen MR) is 486 cm³/mol. The molecule has 0 radical (unpaired) electrons. The molecule has 0 aliphatic heterocycles. The maximum Gasteiger partial charge on any atom is 0.157 e. The third kappa shape index (κ3) is 16.7. The lowest BCUT2D eigenvalue weighted by molar-refractivity contribution is -0.149. The van der Waals surface area contributed by atoms with E-state index < -0.39 is 0 Å². The molecule has 0 spiro atoms. The van der Waals surface area contributed by atoms with E-state index in [-0.39, 0.29) is 118 Å². The molecule has 4 aromatic heterocycles. The lowest BCUT2D eigenvalue weighted by atomic mass is 9.43. The first-order valence-corrected chi connectivity index (χ1v) is 51.3. The number of Topliss-reactive ketones (excluding diaryl/α,β-unsaturated/α-hetero) is 4. The van der Waals surface area contributed by atoms with Gasteiger partial charge in [-0.25, -0.2) is 4.98 Å². The first-order chi connectivity index (χ1) is 60.6. The number of aliphatic hydroxyl groups excluding tert-OH is 8. The summed E-state index contributed by atoms with van der Waals surface area (Å²) in [6, 6.07) is 5.84. The summed E-state index contributed by atoms with van der Waals surface area (Å²) in [5, 5.41) is 90.1. The minimum absolute atomic E-state index is 0.0601. The van der Waals surface area contributed by atoms with Gasteiger partial charge in [0.2, 0.25) is 0 Å². The predicted octanol–water partition coefficient (Wildman–Crippen LogP) is 17.3. The van der Waals surface area contributed by atoms with Gasteiger partial charge in [0.05, 0.1) is 63.5 Å². The highest BCUT2D eigenvalue weighted by Gasteiger charge is 2.68. The van der Waals surface area contributed by atoms with Gasteiger partial charge in [-0.15, -0.1) is 0 Å². The number of ether oxygens (including phenoxy) is 1. The van der Waals surface area contributed by atoms with Gasteiger partial charge >= 0.3 is 0 Å². The van der Waals surface area contributed by atoms with Crippen molar-refractivity contribution in [1.82, 2.24) is 33.7 Å². The van der Waals surface area contributed by atoms with Gasteiger partial charge in [0.1, 0.15) is 11.5 Å². The van der Waals surface area contributed by atoms with E-state index in [1.54, 1.807) is 28.1 Å². The van der Waals surface area contributed by atoms with Crippen molar-refractivity contribution in [3.8, 4) is 0 Å². The first kappa shape index (κ1) is 92.7. The number of carbonyl (C=O) groups excluding carboxylic acids is 4. The quantitative estimate of drug-likeness (QED) is 0.0320. The average Bonchev–Trinajstić information content (AvgIpc) is 1.42. The molecule has 16 saturated carbocycles. The fraction of sp³-hybridized carbons (Fsp3) is 0.821. The summed E-state index contributed by atoms with van der Waals surface area (Å²) >= 11 is 0. The number of carbonyl (C=O) groups is 4. The molecule has 16 aliphatic rings. The molecule has 0 bridgehead atoms. The van der Waals surface area contributed by atoms with E-state index in [0.717, 1.165) is 167 Å². The monoisotopic (exact) mass is 1740 g/mol. The van der Waals surface area contributed by atoms with Gasteiger partial charge in [0.25, 0.3) is 0 Å². The van der Waals surface area contributed by atoms with Crippen LogP contribution in [0, 0.1) is 169 Å². The van der Waals surface area contributed by atoms with Gasteiger partial charge in [-0.2, -0.15) is 10.2 Å². The summed E-state index contributed by atoms with van der Waals surface area (Å²) in [6.45, 7) is 20.9.